The van der Waals surface area contributed by atoms with Gasteiger partial charge in [0.15, 0.2) is 0 Å². The molecule has 16 heavy (non-hydrogen) atoms. The van der Waals surface area contributed by atoms with Crippen LogP contribution in [0.2, 0.25) is 5.28 Å². The molecule has 2 N–H and O–H groups in total. The fourth-order valence-corrected chi connectivity index (χ4v) is 1.94. The second-order valence-electron chi connectivity index (χ2n) is 2.99. The number of aromatic nitrogens is 3. The number of thiophene rings is 1. The quantitative estimate of drug-likeness (QED) is 0.877. The Kier molecular flexibility index (Phi) is 3.53. The second-order valence-corrected chi connectivity index (χ2v) is 4.10. The fourth-order valence-electron chi connectivity index (χ4n) is 1.12. The molecule has 0 radical (unpaired) electrons. The predicted octanol–water partition coefficient (Wildman–Crippen LogP) is 2.24. The van der Waals surface area contributed by atoms with Gasteiger partial charge in [0.1, 0.15) is 0 Å². The summed E-state index contributed by atoms with van der Waals surface area (Å²) in [4.78, 5) is 12.0. The van der Waals surface area contributed by atoms with Crippen molar-refractivity contribution in [3.05, 3.63) is 27.7 Å². The average Bonchev–Trinajstić information content (AvgIpc) is 2.78. The van der Waals surface area contributed by atoms with Crippen molar-refractivity contribution in [3.8, 4) is 0 Å². The number of anilines is 2. The van der Waals surface area contributed by atoms with Crippen molar-refractivity contribution in [2.45, 2.75) is 6.54 Å². The van der Waals surface area contributed by atoms with E-state index < -0.39 is 0 Å². The molecule has 0 amide bonds. The first-order chi connectivity index (χ1) is 7.78. The van der Waals surface area contributed by atoms with E-state index in [4.69, 9.17) is 11.6 Å². The van der Waals surface area contributed by atoms with Crippen LogP contribution in [-0.4, -0.2) is 22.0 Å². The Morgan fingerprint density at radius 2 is 2.12 bits per heavy atom. The molecular weight excluding hydrogens is 246 g/mol. The van der Waals surface area contributed by atoms with Crippen molar-refractivity contribution in [1.29, 1.82) is 0 Å². The molecule has 0 unspecified atom stereocenters. The molecule has 0 atom stereocenters. The van der Waals surface area contributed by atoms with Gasteiger partial charge in [0.05, 0.1) is 0 Å². The summed E-state index contributed by atoms with van der Waals surface area (Å²) in [6.07, 6.45) is 0. The average molecular weight is 256 g/mol. The van der Waals surface area contributed by atoms with E-state index in [1.807, 2.05) is 11.4 Å². The van der Waals surface area contributed by atoms with E-state index >= 15 is 0 Å². The maximum absolute atomic E-state index is 5.75. The van der Waals surface area contributed by atoms with Crippen LogP contribution in [0.1, 0.15) is 5.56 Å². The summed E-state index contributed by atoms with van der Waals surface area (Å²) < 4.78 is 0. The topological polar surface area (TPSA) is 62.7 Å². The van der Waals surface area contributed by atoms with Crippen molar-refractivity contribution in [1.82, 2.24) is 15.0 Å². The Balaban J connectivity index is 2.06. The first kappa shape index (κ1) is 11.1. The molecule has 2 aromatic heterocycles. The van der Waals surface area contributed by atoms with Crippen molar-refractivity contribution in [2.24, 2.45) is 0 Å². The zero-order chi connectivity index (χ0) is 11.4. The Hall–Kier alpha value is -1.40. The number of hydrogen-bond acceptors (Lipinski definition) is 6. The molecule has 84 valence electrons. The lowest BCUT2D eigenvalue weighted by Gasteiger charge is -2.05. The van der Waals surface area contributed by atoms with Gasteiger partial charge in [0.2, 0.25) is 17.2 Å². The normalized spacial score (nSPS) is 10.1. The van der Waals surface area contributed by atoms with Gasteiger partial charge in [-0.05, 0) is 34.0 Å². The number of nitrogens with zero attached hydrogens (tertiary/aromatic N) is 3. The third-order valence-corrected chi connectivity index (χ3v) is 2.76. The zero-order valence-electron chi connectivity index (χ0n) is 8.57. The van der Waals surface area contributed by atoms with Crippen LogP contribution in [0, 0.1) is 0 Å². The van der Waals surface area contributed by atoms with Crippen LogP contribution in [0.4, 0.5) is 11.9 Å². The summed E-state index contributed by atoms with van der Waals surface area (Å²) in [6, 6.07) is 2.04. The molecule has 7 heteroatoms. The van der Waals surface area contributed by atoms with Crippen LogP contribution < -0.4 is 10.6 Å². The van der Waals surface area contributed by atoms with E-state index in [2.05, 4.69) is 31.0 Å². The van der Waals surface area contributed by atoms with E-state index in [1.165, 1.54) is 5.56 Å². The van der Waals surface area contributed by atoms with Crippen LogP contribution in [0.15, 0.2) is 16.8 Å². The largest absolute Gasteiger partial charge is 0.357 e. The molecule has 2 rings (SSSR count). The van der Waals surface area contributed by atoms with E-state index in [0.29, 0.717) is 18.4 Å². The maximum Gasteiger partial charge on any atom is 0.229 e. The highest BCUT2D eigenvalue weighted by molar-refractivity contribution is 7.07. The van der Waals surface area contributed by atoms with Gasteiger partial charge < -0.3 is 10.6 Å². The second kappa shape index (κ2) is 5.09. The highest BCUT2D eigenvalue weighted by Gasteiger charge is 2.03. The zero-order valence-corrected chi connectivity index (χ0v) is 10.1. The van der Waals surface area contributed by atoms with Gasteiger partial charge in [-0.25, -0.2) is 0 Å². The fraction of sp³-hybridized carbons (Fsp3) is 0.222. The van der Waals surface area contributed by atoms with Crippen LogP contribution in [0.25, 0.3) is 0 Å². The van der Waals surface area contributed by atoms with E-state index in [-0.39, 0.29) is 5.28 Å². The van der Waals surface area contributed by atoms with Gasteiger partial charge in [-0.2, -0.15) is 26.3 Å². The third-order valence-electron chi connectivity index (χ3n) is 1.86. The van der Waals surface area contributed by atoms with Crippen LogP contribution in [-0.2, 0) is 6.54 Å². The van der Waals surface area contributed by atoms with Crippen LogP contribution >= 0.6 is 22.9 Å². The molecule has 0 bridgehead atoms. The van der Waals surface area contributed by atoms with Crippen LogP contribution in [0.3, 0.4) is 0 Å². The lowest BCUT2D eigenvalue weighted by Crippen LogP contribution is -2.06. The van der Waals surface area contributed by atoms with Gasteiger partial charge in [0, 0.05) is 13.6 Å². The minimum Gasteiger partial charge on any atom is -0.357 e. The summed E-state index contributed by atoms with van der Waals surface area (Å²) in [5.41, 5.74) is 1.19. The molecule has 2 aromatic rings. The van der Waals surface area contributed by atoms with E-state index in [9.17, 15) is 0 Å². The summed E-state index contributed by atoms with van der Waals surface area (Å²) in [7, 11) is 1.73. The van der Waals surface area contributed by atoms with Gasteiger partial charge in [-0.3, -0.25) is 0 Å². The Labute approximate surface area is 102 Å². The first-order valence-electron chi connectivity index (χ1n) is 4.62. The molecule has 5 nitrogen and oxygen atoms in total. The Morgan fingerprint density at radius 3 is 2.81 bits per heavy atom. The van der Waals surface area contributed by atoms with Crippen LogP contribution in [0.5, 0.6) is 0 Å². The lowest BCUT2D eigenvalue weighted by atomic mass is 10.3. The number of halogens is 1. The minimum atomic E-state index is 0.173. The predicted molar refractivity (Wildman–Crippen MR) is 66.0 cm³/mol. The first-order valence-corrected chi connectivity index (χ1v) is 5.94. The van der Waals surface area contributed by atoms with Crippen molar-refractivity contribution < 1.29 is 0 Å². The molecule has 0 spiro atoms. The van der Waals surface area contributed by atoms with Gasteiger partial charge in [-0.15, -0.1) is 0 Å². The molecule has 0 saturated heterocycles. The summed E-state index contributed by atoms with van der Waals surface area (Å²) >= 11 is 7.40. The van der Waals surface area contributed by atoms with Crippen molar-refractivity contribution in [3.63, 3.8) is 0 Å². The smallest absolute Gasteiger partial charge is 0.229 e. The van der Waals surface area contributed by atoms with Gasteiger partial charge in [0.25, 0.3) is 0 Å². The number of hydrogen-bond donors (Lipinski definition) is 2. The molecule has 0 aromatic carbocycles. The summed E-state index contributed by atoms with van der Waals surface area (Å²) in [5, 5.41) is 10.2. The Bertz CT molecular complexity index is 459. The van der Waals surface area contributed by atoms with E-state index in [0.717, 1.165) is 0 Å². The molecule has 0 aliphatic rings. The lowest BCUT2D eigenvalue weighted by molar-refractivity contribution is 1.00. The van der Waals surface area contributed by atoms with Crippen molar-refractivity contribution in [2.75, 3.05) is 17.7 Å². The molecule has 0 saturated carbocycles. The summed E-state index contributed by atoms with van der Waals surface area (Å²) in [5.74, 6) is 0.920. The van der Waals surface area contributed by atoms with Crippen molar-refractivity contribution >= 4 is 34.8 Å². The minimum absolute atomic E-state index is 0.173. The number of nitrogens with one attached hydrogen (secondary N) is 2. The molecular formula is C9H10ClN5S. The molecule has 0 aliphatic carbocycles. The molecule has 0 aliphatic heterocycles. The highest BCUT2D eigenvalue weighted by Crippen LogP contribution is 2.11. The molecule has 2 heterocycles. The van der Waals surface area contributed by atoms with E-state index in [1.54, 1.807) is 18.4 Å². The van der Waals surface area contributed by atoms with Gasteiger partial charge >= 0.3 is 0 Å². The highest BCUT2D eigenvalue weighted by atomic mass is 35.5. The third kappa shape index (κ3) is 2.80. The SMILES string of the molecule is CNc1nc(Cl)nc(NCc2ccsc2)n1. The number of rotatable bonds is 4. The maximum atomic E-state index is 5.75. The monoisotopic (exact) mass is 255 g/mol. The van der Waals surface area contributed by atoms with Gasteiger partial charge in [-0.1, -0.05) is 0 Å². The Morgan fingerprint density at radius 1 is 1.31 bits per heavy atom. The standard InChI is InChI=1S/C9H10ClN5S/c1-11-8-13-7(10)14-9(15-8)12-4-6-2-3-16-5-6/h2-3,5H,4H2,1H3,(H2,11,12,13,14,15). The summed E-state index contributed by atoms with van der Waals surface area (Å²) in [6.45, 7) is 0.674. The molecule has 0 fully saturated rings.